The van der Waals surface area contributed by atoms with E-state index in [1.54, 1.807) is 18.3 Å². The largest absolute Gasteiger partial charge is 0.341 e. The van der Waals surface area contributed by atoms with E-state index in [1.165, 1.54) is 12.1 Å². The summed E-state index contributed by atoms with van der Waals surface area (Å²) < 4.78 is 13.6. The Morgan fingerprint density at radius 1 is 1.13 bits per heavy atom. The van der Waals surface area contributed by atoms with Crippen LogP contribution in [0, 0.1) is 19.7 Å². The van der Waals surface area contributed by atoms with Crippen LogP contribution in [-0.2, 0) is 6.42 Å². The van der Waals surface area contributed by atoms with Gasteiger partial charge in [0.05, 0.1) is 6.04 Å². The molecule has 5 rings (SSSR count). The number of amides is 2. The molecule has 1 aliphatic rings. The average molecular weight is 414 g/mol. The van der Waals surface area contributed by atoms with Crippen LogP contribution in [0.2, 0.25) is 0 Å². The third-order valence-electron chi connectivity index (χ3n) is 5.82. The van der Waals surface area contributed by atoms with E-state index in [0.29, 0.717) is 6.54 Å². The number of benzene rings is 2. The number of pyridine rings is 1. The van der Waals surface area contributed by atoms with Crippen LogP contribution in [0.3, 0.4) is 0 Å². The van der Waals surface area contributed by atoms with Gasteiger partial charge in [-0.2, -0.15) is 0 Å². The number of hydrogen-bond acceptors (Lipinski definition) is 2. The zero-order valence-corrected chi connectivity index (χ0v) is 17.4. The van der Waals surface area contributed by atoms with Gasteiger partial charge in [0.1, 0.15) is 11.5 Å². The second-order valence-electron chi connectivity index (χ2n) is 8.12. The number of H-pyrrole nitrogens is 1. The molecule has 31 heavy (non-hydrogen) atoms. The lowest BCUT2D eigenvalue weighted by Gasteiger charge is -2.36. The second-order valence-corrected chi connectivity index (χ2v) is 8.12. The Balaban J connectivity index is 1.57. The number of aromatic nitrogens is 2. The molecule has 0 bridgehead atoms. The van der Waals surface area contributed by atoms with Crippen molar-refractivity contribution in [3.63, 3.8) is 0 Å². The smallest absolute Gasteiger partial charge is 0.322 e. The molecule has 3 heterocycles. The number of nitrogens with zero attached hydrogens (tertiary/aromatic N) is 2. The van der Waals surface area contributed by atoms with E-state index in [4.69, 9.17) is 0 Å². The Morgan fingerprint density at radius 2 is 1.87 bits per heavy atom. The third-order valence-corrected chi connectivity index (χ3v) is 5.82. The van der Waals surface area contributed by atoms with Crippen molar-refractivity contribution < 1.29 is 9.18 Å². The molecule has 2 amide bonds. The molecule has 156 valence electrons. The molecule has 5 nitrogen and oxygen atoms in total. The highest BCUT2D eigenvalue weighted by Gasteiger charge is 2.34. The fourth-order valence-electron chi connectivity index (χ4n) is 4.57. The Kier molecular flexibility index (Phi) is 4.70. The van der Waals surface area contributed by atoms with Gasteiger partial charge in [0.15, 0.2) is 0 Å². The maximum Gasteiger partial charge on any atom is 0.322 e. The van der Waals surface area contributed by atoms with E-state index in [2.05, 4.69) is 21.4 Å². The highest BCUT2D eigenvalue weighted by atomic mass is 19.1. The molecule has 0 radical (unpaired) electrons. The Morgan fingerprint density at radius 3 is 2.61 bits per heavy atom. The van der Waals surface area contributed by atoms with Crippen molar-refractivity contribution in [3.05, 3.63) is 94.6 Å². The number of anilines is 1. The number of carbonyl (C=O) groups excluding carboxylic acids is 1. The van der Waals surface area contributed by atoms with Gasteiger partial charge in [-0.3, -0.25) is 0 Å². The normalized spacial score (nSPS) is 15.7. The number of urea groups is 1. The van der Waals surface area contributed by atoms with Gasteiger partial charge < -0.3 is 15.2 Å². The number of rotatable bonds is 2. The van der Waals surface area contributed by atoms with Crippen LogP contribution in [-0.4, -0.2) is 27.4 Å². The van der Waals surface area contributed by atoms with Gasteiger partial charge in [0.2, 0.25) is 0 Å². The molecule has 4 aromatic rings. The van der Waals surface area contributed by atoms with E-state index in [0.717, 1.165) is 51.1 Å². The van der Waals surface area contributed by atoms with Gasteiger partial charge in [-0.05, 0) is 78.9 Å². The number of aryl methyl sites for hydroxylation is 2. The maximum atomic E-state index is 13.6. The van der Waals surface area contributed by atoms with Crippen molar-refractivity contribution in [2.24, 2.45) is 0 Å². The van der Waals surface area contributed by atoms with Crippen molar-refractivity contribution in [1.29, 1.82) is 0 Å². The fraction of sp³-hybridized carbons (Fsp3) is 0.200. The summed E-state index contributed by atoms with van der Waals surface area (Å²) in [7, 11) is 0. The van der Waals surface area contributed by atoms with Crippen molar-refractivity contribution in [1.82, 2.24) is 14.9 Å². The number of fused-ring (bicyclic) bond motifs is 3. The van der Waals surface area contributed by atoms with E-state index in [-0.39, 0.29) is 17.9 Å². The van der Waals surface area contributed by atoms with E-state index in [9.17, 15) is 9.18 Å². The predicted octanol–water partition coefficient (Wildman–Crippen LogP) is 5.50. The molecule has 0 saturated heterocycles. The molecule has 0 saturated carbocycles. The number of aromatic amines is 1. The minimum atomic E-state index is -0.357. The number of carbonyl (C=O) groups is 1. The van der Waals surface area contributed by atoms with E-state index >= 15 is 0 Å². The molecule has 0 spiro atoms. The highest BCUT2D eigenvalue weighted by Crippen LogP contribution is 2.38. The van der Waals surface area contributed by atoms with Gasteiger partial charge in [-0.15, -0.1) is 0 Å². The first-order valence-corrected chi connectivity index (χ1v) is 10.4. The van der Waals surface area contributed by atoms with Crippen LogP contribution in [0.5, 0.6) is 0 Å². The Hall–Kier alpha value is -3.67. The summed E-state index contributed by atoms with van der Waals surface area (Å²) in [5.74, 6) is -0.302. The lowest BCUT2D eigenvalue weighted by molar-refractivity contribution is 0.193. The fourth-order valence-corrected chi connectivity index (χ4v) is 4.57. The topological polar surface area (TPSA) is 61.0 Å². The number of nitrogens with one attached hydrogen (secondary N) is 2. The molecule has 2 aromatic heterocycles. The third kappa shape index (κ3) is 3.54. The maximum absolute atomic E-state index is 13.6. The minimum Gasteiger partial charge on any atom is -0.341 e. The zero-order valence-electron chi connectivity index (χ0n) is 17.4. The number of hydrogen-bond donors (Lipinski definition) is 2. The van der Waals surface area contributed by atoms with Gasteiger partial charge >= 0.3 is 6.03 Å². The molecule has 6 heteroatoms. The molecule has 0 aliphatic carbocycles. The first-order valence-electron chi connectivity index (χ1n) is 10.4. The van der Waals surface area contributed by atoms with Crippen LogP contribution in [0.25, 0.3) is 11.0 Å². The summed E-state index contributed by atoms with van der Waals surface area (Å²) in [6.07, 6.45) is 2.47. The zero-order chi connectivity index (χ0) is 21.5. The molecule has 0 fully saturated rings. The van der Waals surface area contributed by atoms with Crippen LogP contribution < -0.4 is 5.32 Å². The van der Waals surface area contributed by atoms with Crippen LogP contribution in [0.15, 0.2) is 60.8 Å². The Labute approximate surface area is 179 Å². The van der Waals surface area contributed by atoms with Gasteiger partial charge in [0.25, 0.3) is 0 Å². The highest BCUT2D eigenvalue weighted by molar-refractivity contribution is 5.91. The second kappa shape index (κ2) is 7.54. The molecular formula is C25H23FN4O. The average Bonchev–Trinajstić information content (AvgIpc) is 3.12. The van der Waals surface area contributed by atoms with Crippen LogP contribution >= 0.6 is 0 Å². The van der Waals surface area contributed by atoms with Crippen molar-refractivity contribution in [2.45, 2.75) is 26.3 Å². The SMILES string of the molecule is Cc1cc(C)cc(NC(=O)N2CCc3c([nH]c4ncccc34)C2c2ccc(F)cc2)c1. The molecule has 1 atom stereocenters. The predicted molar refractivity (Wildman–Crippen MR) is 120 cm³/mol. The molecule has 1 aliphatic heterocycles. The van der Waals surface area contributed by atoms with Gasteiger partial charge in [-0.25, -0.2) is 14.2 Å². The summed E-state index contributed by atoms with van der Waals surface area (Å²) in [4.78, 5) is 23.1. The molecule has 2 N–H and O–H groups in total. The first-order chi connectivity index (χ1) is 15.0. The van der Waals surface area contributed by atoms with Gasteiger partial charge in [0, 0.05) is 29.5 Å². The quantitative estimate of drug-likeness (QED) is 0.455. The standard InChI is InChI=1S/C25H23FN4O/c1-15-12-16(2)14-19(13-15)28-25(31)30-11-9-20-21-4-3-10-27-24(21)29-22(20)23(30)17-5-7-18(26)8-6-17/h3-8,10,12-14,23H,9,11H2,1-2H3,(H,27,29)(H,28,31). The van der Waals surface area contributed by atoms with Crippen LogP contribution in [0.1, 0.15) is 34.0 Å². The van der Waals surface area contributed by atoms with E-state index in [1.807, 2.05) is 43.0 Å². The summed E-state index contributed by atoms with van der Waals surface area (Å²) in [5, 5.41) is 4.12. The molecular weight excluding hydrogens is 391 g/mol. The van der Waals surface area contributed by atoms with Crippen LogP contribution in [0.4, 0.5) is 14.9 Å². The summed E-state index contributed by atoms with van der Waals surface area (Å²) in [6.45, 7) is 4.57. The summed E-state index contributed by atoms with van der Waals surface area (Å²) in [6, 6.07) is 15.8. The van der Waals surface area contributed by atoms with Crippen molar-refractivity contribution >= 4 is 22.8 Å². The molecule has 2 aromatic carbocycles. The Bertz CT molecular complexity index is 1260. The van der Waals surface area contributed by atoms with Crippen molar-refractivity contribution in [2.75, 3.05) is 11.9 Å². The molecule has 1 unspecified atom stereocenters. The van der Waals surface area contributed by atoms with Gasteiger partial charge in [-0.1, -0.05) is 18.2 Å². The lowest BCUT2D eigenvalue weighted by Crippen LogP contribution is -2.43. The monoisotopic (exact) mass is 414 g/mol. The van der Waals surface area contributed by atoms with Crippen molar-refractivity contribution in [3.8, 4) is 0 Å². The number of halogens is 1. The van der Waals surface area contributed by atoms with E-state index < -0.39 is 0 Å². The summed E-state index contributed by atoms with van der Waals surface area (Å²) >= 11 is 0. The summed E-state index contributed by atoms with van der Waals surface area (Å²) in [5.41, 5.74) is 6.70. The minimum absolute atomic E-state index is 0.184. The first kappa shape index (κ1) is 19.3. The lowest BCUT2D eigenvalue weighted by atomic mass is 9.93.